The number of pyridine rings is 1. The van der Waals surface area contributed by atoms with E-state index in [1.54, 1.807) is 11.0 Å². The number of aromatic nitrogens is 1. The SMILES string of the molecule is Nc1cnc(N2CCC2=O)c(Cl)c1. The number of nitrogens with two attached hydrogens (primary N) is 1. The first-order valence-corrected chi connectivity index (χ1v) is 4.27. The van der Waals surface area contributed by atoms with Gasteiger partial charge >= 0.3 is 0 Å². The minimum atomic E-state index is 0.0548. The average molecular weight is 198 g/mol. The number of halogens is 1. The molecule has 0 atom stereocenters. The third kappa shape index (κ3) is 1.33. The Kier molecular flexibility index (Phi) is 1.84. The van der Waals surface area contributed by atoms with Crippen molar-refractivity contribution < 1.29 is 4.79 Å². The van der Waals surface area contributed by atoms with Crippen LogP contribution in [-0.2, 0) is 4.79 Å². The van der Waals surface area contributed by atoms with E-state index in [-0.39, 0.29) is 5.91 Å². The molecule has 0 unspecified atom stereocenters. The van der Waals surface area contributed by atoms with Gasteiger partial charge in [0.2, 0.25) is 5.91 Å². The predicted octanol–water partition coefficient (Wildman–Crippen LogP) is 1.05. The quantitative estimate of drug-likeness (QED) is 0.685. The molecule has 0 spiro atoms. The van der Waals surface area contributed by atoms with Crippen molar-refractivity contribution in [3.63, 3.8) is 0 Å². The molecule has 0 aliphatic carbocycles. The molecule has 1 aliphatic rings. The van der Waals surface area contributed by atoms with Crippen LogP contribution in [0.1, 0.15) is 6.42 Å². The maximum Gasteiger partial charge on any atom is 0.229 e. The van der Waals surface area contributed by atoms with E-state index in [9.17, 15) is 4.79 Å². The number of anilines is 2. The third-order valence-electron chi connectivity index (χ3n) is 1.95. The molecule has 0 aromatic carbocycles. The number of rotatable bonds is 1. The van der Waals surface area contributed by atoms with Crippen molar-refractivity contribution in [2.75, 3.05) is 17.2 Å². The summed E-state index contributed by atoms with van der Waals surface area (Å²) in [6.07, 6.45) is 2.06. The largest absolute Gasteiger partial charge is 0.397 e. The standard InChI is InChI=1S/C8H8ClN3O/c9-6-3-5(10)4-11-8(6)12-2-1-7(12)13/h3-4H,1-2,10H2. The summed E-state index contributed by atoms with van der Waals surface area (Å²) in [5.41, 5.74) is 5.97. The molecule has 0 saturated carbocycles. The molecule has 13 heavy (non-hydrogen) atoms. The lowest BCUT2D eigenvalue weighted by Gasteiger charge is -2.30. The number of hydrogen-bond donors (Lipinski definition) is 1. The number of hydrogen-bond acceptors (Lipinski definition) is 3. The van der Waals surface area contributed by atoms with E-state index in [0.717, 1.165) is 0 Å². The van der Waals surface area contributed by atoms with Crippen LogP contribution in [0.2, 0.25) is 5.02 Å². The van der Waals surface area contributed by atoms with Gasteiger partial charge in [0.25, 0.3) is 0 Å². The molecule has 2 heterocycles. The maximum absolute atomic E-state index is 11.1. The lowest BCUT2D eigenvalue weighted by atomic mass is 10.2. The Balaban J connectivity index is 2.35. The molecule has 1 aliphatic heterocycles. The fourth-order valence-corrected chi connectivity index (χ4v) is 1.46. The zero-order chi connectivity index (χ0) is 9.42. The lowest BCUT2D eigenvalue weighted by molar-refractivity contribution is -0.122. The van der Waals surface area contributed by atoms with Gasteiger partial charge in [-0.1, -0.05) is 11.6 Å². The van der Waals surface area contributed by atoms with E-state index in [1.807, 2.05) is 0 Å². The number of carbonyl (C=O) groups excluding carboxylic acids is 1. The van der Waals surface area contributed by atoms with Gasteiger partial charge in [0.1, 0.15) is 0 Å². The summed E-state index contributed by atoms with van der Waals surface area (Å²) in [5, 5.41) is 0.424. The summed E-state index contributed by atoms with van der Waals surface area (Å²) in [6.45, 7) is 0.690. The first-order chi connectivity index (χ1) is 6.18. The topological polar surface area (TPSA) is 59.2 Å². The fraction of sp³-hybridized carbons (Fsp3) is 0.250. The van der Waals surface area contributed by atoms with Crippen molar-refractivity contribution in [1.82, 2.24) is 4.98 Å². The van der Waals surface area contributed by atoms with Gasteiger partial charge in [-0.05, 0) is 6.07 Å². The molecular weight excluding hydrogens is 190 g/mol. The van der Waals surface area contributed by atoms with Crippen molar-refractivity contribution >= 4 is 29.0 Å². The first kappa shape index (κ1) is 8.31. The normalized spacial score (nSPS) is 15.8. The van der Waals surface area contributed by atoms with Crippen LogP contribution in [-0.4, -0.2) is 17.4 Å². The molecule has 1 saturated heterocycles. The summed E-state index contributed by atoms with van der Waals surface area (Å²) >= 11 is 5.87. The Bertz CT molecular complexity index is 366. The Labute approximate surface area is 80.3 Å². The molecule has 1 amide bonds. The Morgan fingerprint density at radius 2 is 2.38 bits per heavy atom. The molecule has 68 valence electrons. The molecule has 0 bridgehead atoms. The molecule has 2 N–H and O–H groups in total. The van der Waals surface area contributed by atoms with E-state index in [4.69, 9.17) is 17.3 Å². The highest BCUT2D eigenvalue weighted by atomic mass is 35.5. The van der Waals surface area contributed by atoms with Crippen LogP contribution < -0.4 is 10.6 Å². The first-order valence-electron chi connectivity index (χ1n) is 3.90. The van der Waals surface area contributed by atoms with Crippen LogP contribution in [0.4, 0.5) is 11.5 Å². The van der Waals surface area contributed by atoms with Crippen LogP contribution >= 0.6 is 11.6 Å². The highest BCUT2D eigenvalue weighted by molar-refractivity contribution is 6.33. The molecule has 2 rings (SSSR count). The minimum Gasteiger partial charge on any atom is -0.397 e. The van der Waals surface area contributed by atoms with E-state index >= 15 is 0 Å². The number of nitrogens with zero attached hydrogens (tertiary/aromatic N) is 2. The predicted molar refractivity (Wildman–Crippen MR) is 50.6 cm³/mol. The molecular formula is C8H8ClN3O. The second kappa shape index (κ2) is 2.88. The van der Waals surface area contributed by atoms with Crippen LogP contribution in [0.3, 0.4) is 0 Å². The van der Waals surface area contributed by atoms with Gasteiger partial charge < -0.3 is 5.73 Å². The number of carbonyl (C=O) groups is 1. The minimum absolute atomic E-state index is 0.0548. The van der Waals surface area contributed by atoms with Crippen LogP contribution in [0.15, 0.2) is 12.3 Å². The summed E-state index contributed by atoms with van der Waals surface area (Å²) < 4.78 is 0. The Hall–Kier alpha value is -1.29. The van der Waals surface area contributed by atoms with E-state index in [0.29, 0.717) is 29.5 Å². The second-order valence-electron chi connectivity index (χ2n) is 2.87. The molecule has 0 radical (unpaired) electrons. The monoisotopic (exact) mass is 197 g/mol. The van der Waals surface area contributed by atoms with Crippen molar-refractivity contribution in [3.8, 4) is 0 Å². The summed E-state index contributed by atoms with van der Waals surface area (Å²) in [4.78, 5) is 16.6. The number of amides is 1. The molecule has 1 aromatic rings. The Morgan fingerprint density at radius 3 is 2.85 bits per heavy atom. The van der Waals surface area contributed by atoms with Gasteiger partial charge in [0.05, 0.1) is 16.9 Å². The van der Waals surface area contributed by atoms with E-state index in [1.165, 1.54) is 6.20 Å². The van der Waals surface area contributed by atoms with Gasteiger partial charge in [-0.25, -0.2) is 4.98 Å². The Morgan fingerprint density at radius 1 is 1.62 bits per heavy atom. The van der Waals surface area contributed by atoms with Gasteiger partial charge in [0.15, 0.2) is 5.82 Å². The van der Waals surface area contributed by atoms with Crippen LogP contribution in [0.25, 0.3) is 0 Å². The number of β-lactam (4-membered cyclic amide) rings is 1. The van der Waals surface area contributed by atoms with Gasteiger partial charge in [0, 0.05) is 13.0 Å². The van der Waals surface area contributed by atoms with Crippen molar-refractivity contribution in [1.29, 1.82) is 0 Å². The van der Waals surface area contributed by atoms with E-state index < -0.39 is 0 Å². The van der Waals surface area contributed by atoms with Crippen molar-refractivity contribution in [2.45, 2.75) is 6.42 Å². The average Bonchev–Trinajstić information content (AvgIpc) is 2.07. The fourth-order valence-electron chi connectivity index (χ4n) is 1.18. The zero-order valence-electron chi connectivity index (χ0n) is 6.83. The maximum atomic E-state index is 11.1. The second-order valence-corrected chi connectivity index (χ2v) is 3.28. The smallest absolute Gasteiger partial charge is 0.229 e. The van der Waals surface area contributed by atoms with Gasteiger partial charge in [-0.2, -0.15) is 0 Å². The summed E-state index contributed by atoms with van der Waals surface area (Å²) in [5.74, 6) is 0.561. The van der Waals surface area contributed by atoms with Gasteiger partial charge in [-0.3, -0.25) is 9.69 Å². The summed E-state index contributed by atoms with van der Waals surface area (Å²) in [7, 11) is 0. The van der Waals surface area contributed by atoms with Crippen molar-refractivity contribution in [2.24, 2.45) is 0 Å². The zero-order valence-corrected chi connectivity index (χ0v) is 7.58. The molecule has 1 fully saturated rings. The van der Waals surface area contributed by atoms with Crippen LogP contribution in [0.5, 0.6) is 0 Å². The molecule has 5 heteroatoms. The molecule has 1 aromatic heterocycles. The third-order valence-corrected chi connectivity index (χ3v) is 2.23. The summed E-state index contributed by atoms with van der Waals surface area (Å²) in [6, 6.07) is 1.59. The highest BCUT2D eigenvalue weighted by Gasteiger charge is 2.27. The van der Waals surface area contributed by atoms with Gasteiger partial charge in [-0.15, -0.1) is 0 Å². The number of nitrogen functional groups attached to an aromatic ring is 1. The highest BCUT2D eigenvalue weighted by Crippen LogP contribution is 2.28. The van der Waals surface area contributed by atoms with E-state index in [2.05, 4.69) is 4.98 Å². The molecule has 4 nitrogen and oxygen atoms in total. The van der Waals surface area contributed by atoms with Crippen LogP contribution in [0, 0.1) is 0 Å². The van der Waals surface area contributed by atoms with Crippen molar-refractivity contribution in [3.05, 3.63) is 17.3 Å². The lowest BCUT2D eigenvalue weighted by Crippen LogP contribution is -2.44.